The van der Waals surface area contributed by atoms with Crippen LogP contribution in [0.2, 0.25) is 0 Å². The highest BCUT2D eigenvalue weighted by Crippen LogP contribution is 2.21. The third-order valence-corrected chi connectivity index (χ3v) is 2.66. The molecule has 0 amide bonds. The average molecular weight is 171 g/mol. The highest BCUT2D eigenvalue weighted by molar-refractivity contribution is 4.64. The third-order valence-electron chi connectivity index (χ3n) is 2.66. The van der Waals surface area contributed by atoms with Crippen molar-refractivity contribution in [2.75, 3.05) is 13.6 Å². The van der Waals surface area contributed by atoms with E-state index in [-0.39, 0.29) is 0 Å². The van der Waals surface area contributed by atoms with Crippen LogP contribution in [0.25, 0.3) is 0 Å². The van der Waals surface area contributed by atoms with E-state index in [1.165, 1.54) is 12.8 Å². The molecule has 0 aliphatic rings. The first kappa shape index (κ1) is 12.0. The Hall–Kier alpha value is -0.0400. The number of hydrogen-bond donors (Lipinski definition) is 1. The molecule has 1 nitrogen and oxygen atoms in total. The molecule has 0 spiro atoms. The molecule has 12 heavy (non-hydrogen) atoms. The topological polar surface area (TPSA) is 12.0 Å². The van der Waals surface area contributed by atoms with Gasteiger partial charge in [0.1, 0.15) is 0 Å². The predicted octanol–water partition coefficient (Wildman–Crippen LogP) is 2.91. The van der Waals surface area contributed by atoms with Gasteiger partial charge in [-0.15, -0.1) is 0 Å². The van der Waals surface area contributed by atoms with Crippen molar-refractivity contribution in [2.45, 2.75) is 40.5 Å². The fraction of sp³-hybridized carbons (Fsp3) is 1.00. The van der Waals surface area contributed by atoms with Gasteiger partial charge >= 0.3 is 0 Å². The largest absolute Gasteiger partial charge is 0.320 e. The van der Waals surface area contributed by atoms with Crippen molar-refractivity contribution in [3.63, 3.8) is 0 Å². The second-order valence-electron chi connectivity index (χ2n) is 4.48. The van der Waals surface area contributed by atoms with Crippen molar-refractivity contribution in [1.29, 1.82) is 0 Å². The van der Waals surface area contributed by atoms with Crippen LogP contribution in [0.1, 0.15) is 40.5 Å². The van der Waals surface area contributed by atoms with Crippen molar-refractivity contribution in [1.82, 2.24) is 5.32 Å². The molecule has 0 heterocycles. The van der Waals surface area contributed by atoms with E-state index in [9.17, 15) is 0 Å². The maximum atomic E-state index is 3.21. The zero-order valence-corrected chi connectivity index (χ0v) is 9.35. The Morgan fingerprint density at radius 1 is 1.00 bits per heavy atom. The monoisotopic (exact) mass is 171 g/mol. The van der Waals surface area contributed by atoms with Crippen LogP contribution in [-0.4, -0.2) is 13.6 Å². The van der Waals surface area contributed by atoms with E-state index >= 15 is 0 Å². The van der Waals surface area contributed by atoms with Gasteiger partial charge in [0, 0.05) is 0 Å². The van der Waals surface area contributed by atoms with Crippen LogP contribution in [0.4, 0.5) is 0 Å². The van der Waals surface area contributed by atoms with E-state index < -0.39 is 0 Å². The molecule has 2 unspecified atom stereocenters. The minimum Gasteiger partial charge on any atom is -0.320 e. The van der Waals surface area contributed by atoms with Gasteiger partial charge in [0.25, 0.3) is 0 Å². The fourth-order valence-corrected chi connectivity index (χ4v) is 1.63. The van der Waals surface area contributed by atoms with Gasteiger partial charge < -0.3 is 5.32 Å². The van der Waals surface area contributed by atoms with Gasteiger partial charge in [-0.25, -0.2) is 0 Å². The van der Waals surface area contributed by atoms with E-state index in [0.29, 0.717) is 0 Å². The zero-order chi connectivity index (χ0) is 9.56. The van der Waals surface area contributed by atoms with Crippen LogP contribution in [0.3, 0.4) is 0 Å². The molecule has 1 N–H and O–H groups in total. The average Bonchev–Trinajstić information content (AvgIpc) is 1.98. The first-order valence-electron chi connectivity index (χ1n) is 5.22. The normalized spacial score (nSPS) is 16.5. The molecule has 0 aromatic carbocycles. The molecule has 2 atom stereocenters. The molecule has 0 fully saturated rings. The molecule has 0 aromatic rings. The first-order valence-corrected chi connectivity index (χ1v) is 5.22. The molecule has 0 radical (unpaired) electrons. The van der Waals surface area contributed by atoms with Crippen molar-refractivity contribution >= 4 is 0 Å². The zero-order valence-electron chi connectivity index (χ0n) is 9.35. The van der Waals surface area contributed by atoms with Crippen LogP contribution in [-0.2, 0) is 0 Å². The Bertz CT molecular complexity index is 99.2. The van der Waals surface area contributed by atoms with Crippen molar-refractivity contribution in [3.8, 4) is 0 Å². The summed E-state index contributed by atoms with van der Waals surface area (Å²) in [5.74, 6) is 2.58. The van der Waals surface area contributed by atoms with Crippen LogP contribution in [0.5, 0.6) is 0 Å². The Morgan fingerprint density at radius 2 is 1.58 bits per heavy atom. The maximum Gasteiger partial charge on any atom is -0.00493 e. The summed E-state index contributed by atoms with van der Waals surface area (Å²) in [6.07, 6.45) is 2.68. The fourth-order valence-electron chi connectivity index (χ4n) is 1.63. The minimum atomic E-state index is 0.844. The van der Waals surface area contributed by atoms with E-state index in [1.54, 1.807) is 0 Å². The second kappa shape index (κ2) is 6.47. The minimum absolute atomic E-state index is 0.844. The number of hydrogen-bond acceptors (Lipinski definition) is 1. The summed E-state index contributed by atoms with van der Waals surface area (Å²) in [7, 11) is 2.03. The molecular weight excluding hydrogens is 146 g/mol. The smallest absolute Gasteiger partial charge is 0.00493 e. The lowest BCUT2D eigenvalue weighted by atomic mass is 9.86. The number of nitrogens with one attached hydrogen (secondary N) is 1. The van der Waals surface area contributed by atoms with Crippen LogP contribution in [0, 0.1) is 17.8 Å². The summed E-state index contributed by atoms with van der Waals surface area (Å²) in [6.45, 7) is 10.5. The molecule has 0 aliphatic heterocycles. The van der Waals surface area contributed by atoms with E-state index in [0.717, 1.165) is 24.3 Å². The highest BCUT2D eigenvalue weighted by Gasteiger charge is 2.12. The van der Waals surface area contributed by atoms with Gasteiger partial charge in [0.15, 0.2) is 0 Å². The molecule has 0 saturated heterocycles. The lowest BCUT2D eigenvalue weighted by Gasteiger charge is -2.21. The predicted molar refractivity (Wildman–Crippen MR) is 56.3 cm³/mol. The van der Waals surface area contributed by atoms with Gasteiger partial charge in [-0.2, -0.15) is 0 Å². The van der Waals surface area contributed by atoms with Crippen LogP contribution in [0.15, 0.2) is 0 Å². The standard InChI is InChI=1S/C11H25N/c1-9(2)8-11(4)10(3)6-7-12-5/h9-12H,6-8H2,1-5H3. The van der Waals surface area contributed by atoms with Crippen LogP contribution < -0.4 is 5.32 Å². The first-order chi connectivity index (χ1) is 5.57. The van der Waals surface area contributed by atoms with Gasteiger partial charge in [0.05, 0.1) is 0 Å². The molecule has 0 bridgehead atoms. The van der Waals surface area contributed by atoms with Crippen molar-refractivity contribution in [3.05, 3.63) is 0 Å². The van der Waals surface area contributed by atoms with E-state index in [4.69, 9.17) is 0 Å². The lowest BCUT2D eigenvalue weighted by molar-refractivity contribution is 0.307. The van der Waals surface area contributed by atoms with Crippen molar-refractivity contribution in [2.24, 2.45) is 17.8 Å². The van der Waals surface area contributed by atoms with E-state index in [1.807, 2.05) is 7.05 Å². The molecule has 1 heteroatoms. The molecule has 0 saturated carbocycles. The lowest BCUT2D eigenvalue weighted by Crippen LogP contribution is -2.17. The SMILES string of the molecule is CNCCC(C)C(C)CC(C)C. The molecule has 0 aromatic heterocycles. The van der Waals surface area contributed by atoms with E-state index in [2.05, 4.69) is 33.0 Å². The summed E-state index contributed by atoms with van der Waals surface area (Å²) < 4.78 is 0. The summed E-state index contributed by atoms with van der Waals surface area (Å²) >= 11 is 0. The summed E-state index contributed by atoms with van der Waals surface area (Å²) in [5, 5.41) is 3.21. The second-order valence-corrected chi connectivity index (χ2v) is 4.48. The third kappa shape index (κ3) is 5.59. The van der Waals surface area contributed by atoms with Gasteiger partial charge in [-0.05, 0) is 44.2 Å². The highest BCUT2D eigenvalue weighted by atomic mass is 14.8. The number of rotatable bonds is 6. The van der Waals surface area contributed by atoms with Gasteiger partial charge in [0.2, 0.25) is 0 Å². The quantitative estimate of drug-likeness (QED) is 0.648. The Labute approximate surface area is 77.9 Å². The van der Waals surface area contributed by atoms with Gasteiger partial charge in [-0.1, -0.05) is 27.7 Å². The summed E-state index contributed by atoms with van der Waals surface area (Å²) in [6, 6.07) is 0. The molecule has 0 aliphatic carbocycles. The summed E-state index contributed by atoms with van der Waals surface area (Å²) in [5.41, 5.74) is 0. The molecule has 0 rings (SSSR count). The summed E-state index contributed by atoms with van der Waals surface area (Å²) in [4.78, 5) is 0. The maximum absolute atomic E-state index is 3.21. The van der Waals surface area contributed by atoms with Gasteiger partial charge in [-0.3, -0.25) is 0 Å². The van der Waals surface area contributed by atoms with Crippen molar-refractivity contribution < 1.29 is 0 Å². The molecule has 74 valence electrons. The Balaban J connectivity index is 3.53. The Morgan fingerprint density at radius 3 is 2.00 bits per heavy atom. The Kier molecular flexibility index (Phi) is 6.45. The van der Waals surface area contributed by atoms with Crippen LogP contribution >= 0.6 is 0 Å². The molecular formula is C11H25N.